The highest BCUT2D eigenvalue weighted by Crippen LogP contribution is 2.16. The fourth-order valence-electron chi connectivity index (χ4n) is 2.52. The monoisotopic (exact) mass is 234 g/mol. The van der Waals surface area contributed by atoms with Gasteiger partial charge in [-0.1, -0.05) is 31.7 Å². The molecule has 1 aliphatic carbocycles. The minimum atomic E-state index is 0.0927. The molecule has 0 amide bonds. The normalized spacial score (nSPS) is 17.9. The zero-order chi connectivity index (χ0) is 11.9. The third-order valence-corrected chi connectivity index (χ3v) is 3.54. The minimum Gasteiger partial charge on any atom is -0.314 e. The molecule has 0 aromatic carbocycles. The number of pyridine rings is 1. The molecule has 1 N–H and O–H groups in total. The molecule has 0 aliphatic heterocycles. The fraction of sp³-hybridized carbons (Fsp3) is 0.643. The number of rotatable bonds is 4. The van der Waals surface area contributed by atoms with Gasteiger partial charge in [0, 0.05) is 31.4 Å². The van der Waals surface area contributed by atoms with Crippen LogP contribution in [0.15, 0.2) is 29.2 Å². The van der Waals surface area contributed by atoms with E-state index in [4.69, 9.17) is 0 Å². The van der Waals surface area contributed by atoms with Crippen molar-refractivity contribution in [3.05, 3.63) is 34.7 Å². The molecule has 2 rings (SSSR count). The Morgan fingerprint density at radius 2 is 1.94 bits per heavy atom. The van der Waals surface area contributed by atoms with Crippen molar-refractivity contribution in [1.29, 1.82) is 0 Å². The van der Waals surface area contributed by atoms with E-state index in [0.717, 1.165) is 13.1 Å². The van der Waals surface area contributed by atoms with Crippen LogP contribution in [-0.4, -0.2) is 17.2 Å². The smallest absolute Gasteiger partial charge is 0.250 e. The third-order valence-electron chi connectivity index (χ3n) is 3.54. The van der Waals surface area contributed by atoms with Gasteiger partial charge < -0.3 is 9.88 Å². The van der Waals surface area contributed by atoms with Gasteiger partial charge in [0.05, 0.1) is 0 Å². The van der Waals surface area contributed by atoms with Crippen molar-refractivity contribution in [3.63, 3.8) is 0 Å². The summed E-state index contributed by atoms with van der Waals surface area (Å²) in [6, 6.07) is 5.98. The summed E-state index contributed by atoms with van der Waals surface area (Å²) >= 11 is 0. The van der Waals surface area contributed by atoms with Crippen LogP contribution in [0.3, 0.4) is 0 Å². The number of hydrogen-bond acceptors (Lipinski definition) is 2. The second kappa shape index (κ2) is 6.60. The van der Waals surface area contributed by atoms with Gasteiger partial charge >= 0.3 is 0 Å². The second-order valence-electron chi connectivity index (χ2n) is 4.87. The van der Waals surface area contributed by atoms with Crippen LogP contribution in [0.4, 0.5) is 0 Å². The summed E-state index contributed by atoms with van der Waals surface area (Å²) in [5.41, 5.74) is 0.0927. The van der Waals surface area contributed by atoms with Crippen LogP contribution in [0, 0.1) is 0 Å². The van der Waals surface area contributed by atoms with E-state index in [1.54, 1.807) is 16.7 Å². The molecule has 0 bridgehead atoms. The SMILES string of the molecule is O=c1ccccn1CCNC1CCCCCC1. The largest absolute Gasteiger partial charge is 0.314 e. The summed E-state index contributed by atoms with van der Waals surface area (Å²) < 4.78 is 1.77. The summed E-state index contributed by atoms with van der Waals surface area (Å²) in [4.78, 5) is 11.5. The van der Waals surface area contributed by atoms with E-state index in [2.05, 4.69) is 5.32 Å². The first-order valence-electron chi connectivity index (χ1n) is 6.75. The molecule has 1 saturated carbocycles. The van der Waals surface area contributed by atoms with Gasteiger partial charge in [-0.3, -0.25) is 4.79 Å². The number of nitrogens with zero attached hydrogens (tertiary/aromatic N) is 1. The van der Waals surface area contributed by atoms with Crippen molar-refractivity contribution < 1.29 is 0 Å². The van der Waals surface area contributed by atoms with Crippen molar-refractivity contribution >= 4 is 0 Å². The van der Waals surface area contributed by atoms with E-state index in [1.807, 2.05) is 12.3 Å². The average Bonchev–Trinajstić information content (AvgIpc) is 2.60. The van der Waals surface area contributed by atoms with Gasteiger partial charge in [-0.25, -0.2) is 0 Å². The number of hydrogen-bond donors (Lipinski definition) is 1. The van der Waals surface area contributed by atoms with E-state index in [-0.39, 0.29) is 5.56 Å². The molecule has 0 saturated heterocycles. The predicted molar refractivity (Wildman–Crippen MR) is 70.2 cm³/mol. The Bertz CT molecular complexity index is 378. The lowest BCUT2D eigenvalue weighted by molar-refractivity contribution is 0.443. The summed E-state index contributed by atoms with van der Waals surface area (Å²) in [5, 5.41) is 3.58. The third kappa shape index (κ3) is 4.00. The molecular weight excluding hydrogens is 212 g/mol. The van der Waals surface area contributed by atoms with E-state index < -0.39 is 0 Å². The second-order valence-corrected chi connectivity index (χ2v) is 4.87. The molecule has 1 fully saturated rings. The summed E-state index contributed by atoms with van der Waals surface area (Å²) in [5.74, 6) is 0. The molecule has 0 radical (unpaired) electrons. The van der Waals surface area contributed by atoms with Gasteiger partial charge in [0.1, 0.15) is 0 Å². The lowest BCUT2D eigenvalue weighted by atomic mass is 10.1. The molecule has 1 aromatic heterocycles. The van der Waals surface area contributed by atoms with Crippen LogP contribution in [0.2, 0.25) is 0 Å². The van der Waals surface area contributed by atoms with Crippen LogP contribution in [-0.2, 0) is 6.54 Å². The van der Waals surface area contributed by atoms with Crippen molar-refractivity contribution in [2.75, 3.05) is 6.54 Å². The van der Waals surface area contributed by atoms with E-state index in [0.29, 0.717) is 6.04 Å². The maximum absolute atomic E-state index is 11.5. The molecule has 1 aliphatic rings. The van der Waals surface area contributed by atoms with E-state index in [1.165, 1.54) is 38.5 Å². The quantitative estimate of drug-likeness (QED) is 0.810. The average molecular weight is 234 g/mol. The Hall–Kier alpha value is -1.09. The highest BCUT2D eigenvalue weighted by molar-refractivity contribution is 4.93. The minimum absolute atomic E-state index is 0.0927. The topological polar surface area (TPSA) is 34.0 Å². The van der Waals surface area contributed by atoms with Crippen molar-refractivity contribution in [2.45, 2.75) is 51.1 Å². The van der Waals surface area contributed by atoms with Gasteiger partial charge in [0.25, 0.3) is 5.56 Å². The van der Waals surface area contributed by atoms with Crippen molar-refractivity contribution in [3.8, 4) is 0 Å². The van der Waals surface area contributed by atoms with Crippen LogP contribution in [0.25, 0.3) is 0 Å². The summed E-state index contributed by atoms with van der Waals surface area (Å²) in [6.45, 7) is 1.67. The van der Waals surface area contributed by atoms with Crippen molar-refractivity contribution in [1.82, 2.24) is 9.88 Å². The van der Waals surface area contributed by atoms with Crippen LogP contribution >= 0.6 is 0 Å². The van der Waals surface area contributed by atoms with Crippen LogP contribution in [0.5, 0.6) is 0 Å². The lowest BCUT2D eigenvalue weighted by Gasteiger charge is -2.16. The Balaban J connectivity index is 1.75. The standard InChI is InChI=1S/C14H22N2O/c17-14-9-5-6-11-16(14)12-10-15-13-7-3-1-2-4-8-13/h5-6,9,11,13,15H,1-4,7-8,10,12H2. The zero-order valence-electron chi connectivity index (χ0n) is 10.4. The molecule has 0 atom stereocenters. The molecule has 1 aromatic rings. The molecule has 1 heterocycles. The van der Waals surface area contributed by atoms with Gasteiger partial charge in [0.2, 0.25) is 0 Å². The molecule has 0 spiro atoms. The van der Waals surface area contributed by atoms with Crippen LogP contribution < -0.4 is 10.9 Å². The molecule has 0 unspecified atom stereocenters. The van der Waals surface area contributed by atoms with Gasteiger partial charge in [0.15, 0.2) is 0 Å². The molecule has 94 valence electrons. The first-order valence-corrected chi connectivity index (χ1v) is 6.75. The van der Waals surface area contributed by atoms with Gasteiger partial charge in [-0.05, 0) is 18.9 Å². The Morgan fingerprint density at radius 1 is 1.18 bits per heavy atom. The van der Waals surface area contributed by atoms with Gasteiger partial charge in [-0.15, -0.1) is 0 Å². The Kier molecular flexibility index (Phi) is 4.80. The Labute approximate surface area is 103 Å². The molecule has 3 heteroatoms. The maximum Gasteiger partial charge on any atom is 0.250 e. The summed E-state index contributed by atoms with van der Waals surface area (Å²) in [7, 11) is 0. The predicted octanol–water partition coefficient (Wildman–Crippen LogP) is 2.16. The highest BCUT2D eigenvalue weighted by atomic mass is 16.1. The Morgan fingerprint density at radius 3 is 2.65 bits per heavy atom. The summed E-state index contributed by atoms with van der Waals surface area (Å²) in [6.07, 6.45) is 9.92. The highest BCUT2D eigenvalue weighted by Gasteiger charge is 2.10. The fourth-order valence-corrected chi connectivity index (χ4v) is 2.52. The van der Waals surface area contributed by atoms with Gasteiger partial charge in [-0.2, -0.15) is 0 Å². The molecular formula is C14H22N2O. The van der Waals surface area contributed by atoms with E-state index >= 15 is 0 Å². The lowest BCUT2D eigenvalue weighted by Crippen LogP contribution is -2.33. The van der Waals surface area contributed by atoms with Crippen molar-refractivity contribution in [2.24, 2.45) is 0 Å². The first kappa shape index (κ1) is 12.4. The zero-order valence-corrected chi connectivity index (χ0v) is 10.4. The molecule has 3 nitrogen and oxygen atoms in total. The number of nitrogens with one attached hydrogen (secondary N) is 1. The van der Waals surface area contributed by atoms with E-state index in [9.17, 15) is 4.79 Å². The number of aromatic nitrogens is 1. The maximum atomic E-state index is 11.5. The van der Waals surface area contributed by atoms with Crippen LogP contribution in [0.1, 0.15) is 38.5 Å². The molecule has 17 heavy (non-hydrogen) atoms. The first-order chi connectivity index (χ1) is 8.36.